The van der Waals surface area contributed by atoms with Crippen LogP contribution in [-0.4, -0.2) is 32.2 Å². The minimum Gasteiger partial charge on any atom is -0.497 e. The van der Waals surface area contributed by atoms with Crippen LogP contribution in [0.3, 0.4) is 0 Å². The Morgan fingerprint density at radius 1 is 1.06 bits per heavy atom. The van der Waals surface area contributed by atoms with Crippen molar-refractivity contribution in [3.8, 4) is 5.75 Å². The SMILES string of the molecule is COc1cccc(NC(=O)c2nc3c(=O)n(Cc4cccc(F)c4)c4cc(C)ccc4n3n2)c1. The number of amides is 1. The number of halogens is 1. The molecule has 8 nitrogen and oxygen atoms in total. The second kappa shape index (κ2) is 8.43. The van der Waals surface area contributed by atoms with Crippen LogP contribution in [0.2, 0.25) is 0 Å². The summed E-state index contributed by atoms with van der Waals surface area (Å²) in [7, 11) is 1.53. The Morgan fingerprint density at radius 2 is 1.88 bits per heavy atom. The number of benzene rings is 3. The molecule has 34 heavy (non-hydrogen) atoms. The van der Waals surface area contributed by atoms with E-state index in [9.17, 15) is 14.0 Å². The first-order chi connectivity index (χ1) is 16.4. The minimum absolute atomic E-state index is 0.00329. The molecule has 0 bridgehead atoms. The van der Waals surface area contributed by atoms with Crippen molar-refractivity contribution in [1.82, 2.24) is 19.2 Å². The van der Waals surface area contributed by atoms with Gasteiger partial charge in [-0.05, 0) is 54.4 Å². The van der Waals surface area contributed by atoms with Gasteiger partial charge in [0.2, 0.25) is 11.5 Å². The Hall–Kier alpha value is -4.53. The first-order valence-electron chi connectivity index (χ1n) is 10.5. The fraction of sp³-hybridized carbons (Fsp3) is 0.120. The first-order valence-corrected chi connectivity index (χ1v) is 10.5. The summed E-state index contributed by atoms with van der Waals surface area (Å²) < 4.78 is 21.8. The number of nitrogens with one attached hydrogen (secondary N) is 1. The van der Waals surface area contributed by atoms with Crippen LogP contribution in [0.1, 0.15) is 21.7 Å². The predicted octanol–water partition coefficient (Wildman–Crippen LogP) is 3.80. The molecule has 170 valence electrons. The van der Waals surface area contributed by atoms with Gasteiger partial charge in [-0.25, -0.2) is 8.91 Å². The van der Waals surface area contributed by atoms with E-state index in [-0.39, 0.29) is 23.8 Å². The molecule has 0 saturated heterocycles. The monoisotopic (exact) mass is 457 g/mol. The van der Waals surface area contributed by atoms with Crippen molar-refractivity contribution in [2.24, 2.45) is 0 Å². The molecule has 2 heterocycles. The maximum absolute atomic E-state index is 13.8. The standard InChI is InChI=1S/C25H20FN5O3/c1-15-9-10-20-21(11-15)30(14-16-5-3-6-17(26)12-16)25(33)23-28-22(29-31(20)23)24(32)27-18-7-4-8-19(13-18)34-2/h3-13H,14H2,1-2H3,(H,27,32). The summed E-state index contributed by atoms with van der Waals surface area (Å²) in [4.78, 5) is 30.5. The largest absolute Gasteiger partial charge is 0.497 e. The molecular weight excluding hydrogens is 437 g/mol. The number of aryl methyl sites for hydroxylation is 1. The van der Waals surface area contributed by atoms with Gasteiger partial charge in [0, 0.05) is 11.8 Å². The second-order valence-corrected chi connectivity index (χ2v) is 7.87. The smallest absolute Gasteiger partial charge is 0.296 e. The molecule has 0 spiro atoms. The molecule has 0 aliphatic carbocycles. The zero-order valence-electron chi connectivity index (χ0n) is 18.4. The molecular formula is C25H20FN5O3. The number of methoxy groups -OCH3 is 1. The number of carbonyl (C=O) groups is 1. The van der Waals surface area contributed by atoms with Gasteiger partial charge in [-0.1, -0.05) is 24.3 Å². The zero-order valence-corrected chi connectivity index (χ0v) is 18.4. The van der Waals surface area contributed by atoms with Crippen molar-refractivity contribution in [3.63, 3.8) is 0 Å². The third-order valence-electron chi connectivity index (χ3n) is 5.45. The van der Waals surface area contributed by atoms with Gasteiger partial charge in [-0.3, -0.25) is 14.2 Å². The quantitative estimate of drug-likeness (QED) is 0.434. The van der Waals surface area contributed by atoms with Crippen LogP contribution in [0.15, 0.2) is 71.5 Å². The molecule has 1 N–H and O–H groups in total. The number of rotatable bonds is 5. The molecule has 0 unspecified atom stereocenters. The average molecular weight is 457 g/mol. The lowest BCUT2D eigenvalue weighted by molar-refractivity contribution is 0.101. The highest BCUT2D eigenvalue weighted by atomic mass is 19.1. The van der Waals surface area contributed by atoms with Gasteiger partial charge in [0.25, 0.3) is 11.5 Å². The highest BCUT2D eigenvalue weighted by Gasteiger charge is 2.20. The number of hydrogen-bond acceptors (Lipinski definition) is 5. The number of aromatic nitrogens is 4. The third kappa shape index (κ3) is 3.88. The molecule has 0 aliphatic rings. The van der Waals surface area contributed by atoms with Gasteiger partial charge in [0.1, 0.15) is 11.6 Å². The van der Waals surface area contributed by atoms with E-state index in [1.807, 2.05) is 25.1 Å². The molecule has 1 amide bonds. The highest BCUT2D eigenvalue weighted by Crippen LogP contribution is 2.19. The van der Waals surface area contributed by atoms with Gasteiger partial charge in [0.15, 0.2) is 0 Å². The van der Waals surface area contributed by atoms with Crippen LogP contribution in [0.5, 0.6) is 5.75 Å². The molecule has 0 atom stereocenters. The van der Waals surface area contributed by atoms with Gasteiger partial charge < -0.3 is 10.1 Å². The van der Waals surface area contributed by atoms with Crippen molar-refractivity contribution in [2.75, 3.05) is 12.4 Å². The number of ether oxygens (including phenoxy) is 1. The van der Waals surface area contributed by atoms with E-state index in [1.165, 1.54) is 28.3 Å². The summed E-state index contributed by atoms with van der Waals surface area (Å²) in [5, 5.41) is 7.04. The maximum atomic E-state index is 13.8. The van der Waals surface area contributed by atoms with Crippen molar-refractivity contribution in [3.05, 3.63) is 99.9 Å². The zero-order chi connectivity index (χ0) is 23.8. The fourth-order valence-electron chi connectivity index (χ4n) is 3.84. The molecule has 5 rings (SSSR count). The fourth-order valence-corrected chi connectivity index (χ4v) is 3.84. The number of anilines is 1. The van der Waals surface area contributed by atoms with E-state index in [0.29, 0.717) is 28.0 Å². The summed E-state index contributed by atoms with van der Waals surface area (Å²) in [6.45, 7) is 2.06. The number of hydrogen-bond donors (Lipinski definition) is 1. The van der Waals surface area contributed by atoms with E-state index < -0.39 is 11.5 Å². The molecule has 0 aliphatic heterocycles. The topological polar surface area (TPSA) is 90.5 Å². The summed E-state index contributed by atoms with van der Waals surface area (Å²) >= 11 is 0. The van der Waals surface area contributed by atoms with Crippen LogP contribution >= 0.6 is 0 Å². The average Bonchev–Trinajstić information content (AvgIpc) is 3.28. The van der Waals surface area contributed by atoms with Crippen LogP contribution < -0.4 is 15.6 Å². The van der Waals surface area contributed by atoms with Crippen LogP contribution in [0, 0.1) is 12.7 Å². The number of carbonyl (C=O) groups excluding carboxylic acids is 1. The summed E-state index contributed by atoms with van der Waals surface area (Å²) in [5.74, 6) is -0.507. The molecule has 5 aromatic rings. The molecule has 0 radical (unpaired) electrons. The third-order valence-corrected chi connectivity index (χ3v) is 5.45. The minimum atomic E-state index is -0.562. The highest BCUT2D eigenvalue weighted by molar-refractivity contribution is 6.02. The van der Waals surface area contributed by atoms with Crippen molar-refractivity contribution in [1.29, 1.82) is 0 Å². The Labute approximate surface area is 193 Å². The molecule has 3 aromatic carbocycles. The van der Waals surface area contributed by atoms with Crippen LogP contribution in [0.25, 0.3) is 16.7 Å². The Balaban J connectivity index is 1.62. The summed E-state index contributed by atoms with van der Waals surface area (Å²) in [5.41, 5.74) is 2.85. The number of fused-ring (bicyclic) bond motifs is 3. The van der Waals surface area contributed by atoms with E-state index in [4.69, 9.17) is 4.74 Å². The van der Waals surface area contributed by atoms with E-state index in [0.717, 1.165) is 5.56 Å². The Morgan fingerprint density at radius 3 is 2.68 bits per heavy atom. The van der Waals surface area contributed by atoms with E-state index in [1.54, 1.807) is 36.4 Å². The van der Waals surface area contributed by atoms with Crippen LogP contribution in [-0.2, 0) is 6.54 Å². The summed E-state index contributed by atoms with van der Waals surface area (Å²) in [6.07, 6.45) is 0. The first kappa shape index (κ1) is 21.3. The lowest BCUT2D eigenvalue weighted by atomic mass is 10.2. The van der Waals surface area contributed by atoms with Gasteiger partial charge in [-0.15, -0.1) is 5.10 Å². The second-order valence-electron chi connectivity index (χ2n) is 7.87. The molecule has 2 aromatic heterocycles. The maximum Gasteiger partial charge on any atom is 0.296 e. The lowest BCUT2D eigenvalue weighted by Crippen LogP contribution is -2.24. The Kier molecular flexibility index (Phi) is 5.29. The molecule has 9 heteroatoms. The van der Waals surface area contributed by atoms with Crippen molar-refractivity contribution >= 4 is 28.3 Å². The number of nitrogens with zero attached hydrogens (tertiary/aromatic N) is 4. The molecule has 0 fully saturated rings. The normalized spacial score (nSPS) is 11.1. The predicted molar refractivity (Wildman–Crippen MR) is 126 cm³/mol. The van der Waals surface area contributed by atoms with Gasteiger partial charge in [-0.2, -0.15) is 4.98 Å². The Bertz CT molecular complexity index is 1620. The van der Waals surface area contributed by atoms with Crippen molar-refractivity contribution in [2.45, 2.75) is 13.5 Å². The summed E-state index contributed by atoms with van der Waals surface area (Å²) in [6, 6.07) is 18.5. The van der Waals surface area contributed by atoms with Crippen molar-refractivity contribution < 1.29 is 13.9 Å². The molecule has 0 saturated carbocycles. The van der Waals surface area contributed by atoms with E-state index >= 15 is 0 Å². The lowest BCUT2D eigenvalue weighted by Gasteiger charge is -2.12. The van der Waals surface area contributed by atoms with Gasteiger partial charge >= 0.3 is 0 Å². The van der Waals surface area contributed by atoms with Gasteiger partial charge in [0.05, 0.1) is 24.7 Å². The van der Waals surface area contributed by atoms with Crippen LogP contribution in [0.4, 0.5) is 10.1 Å². The van der Waals surface area contributed by atoms with E-state index in [2.05, 4.69) is 15.4 Å².